The number of hydrogen-bond donors (Lipinski definition) is 2. The topological polar surface area (TPSA) is 80.3 Å². The molecule has 2 amide bonds. The highest BCUT2D eigenvalue weighted by Crippen LogP contribution is 2.22. The molecule has 0 saturated heterocycles. The van der Waals surface area contributed by atoms with Crippen LogP contribution in [-0.2, 0) is 28.8 Å². The maximum absolute atomic E-state index is 13.3. The summed E-state index contributed by atoms with van der Waals surface area (Å²) in [5.41, 5.74) is 4.06. The number of thiazole rings is 1. The Hall–Kier alpha value is -3.19. The minimum Gasteiger partial charge on any atom is -0.453 e. The molecule has 2 N–H and O–H groups in total. The Bertz CT molecular complexity index is 1020. The average Bonchev–Trinajstić information content (AvgIpc) is 3.29. The van der Waals surface area contributed by atoms with Crippen molar-refractivity contribution < 1.29 is 14.3 Å². The van der Waals surface area contributed by atoms with Crippen LogP contribution < -0.4 is 10.6 Å². The molecule has 32 heavy (non-hydrogen) atoms. The second-order valence-corrected chi connectivity index (χ2v) is 8.59. The molecule has 0 saturated carbocycles. The SMILES string of the molecule is CCc1nc([C@H](Cc2ccc(C)cc2)NC(=O)[C@H](Cc2ccccc2)NC(=O)OC)cs1. The van der Waals surface area contributed by atoms with E-state index in [4.69, 9.17) is 9.72 Å². The number of methoxy groups -OCH3 is 1. The average molecular weight is 452 g/mol. The lowest BCUT2D eigenvalue weighted by atomic mass is 10.0. The number of carbonyl (C=O) groups is 2. The third-order valence-corrected chi connectivity index (χ3v) is 6.19. The molecule has 1 aromatic heterocycles. The molecule has 3 aromatic rings. The third-order valence-electron chi connectivity index (χ3n) is 5.18. The second-order valence-electron chi connectivity index (χ2n) is 7.65. The van der Waals surface area contributed by atoms with Gasteiger partial charge in [-0.1, -0.05) is 67.1 Å². The van der Waals surface area contributed by atoms with Crippen molar-refractivity contribution in [2.24, 2.45) is 0 Å². The Morgan fingerprint density at radius 1 is 1.00 bits per heavy atom. The summed E-state index contributed by atoms with van der Waals surface area (Å²) in [6.07, 6.45) is 1.17. The van der Waals surface area contributed by atoms with E-state index in [0.717, 1.165) is 28.2 Å². The molecule has 0 fully saturated rings. The minimum atomic E-state index is -0.769. The highest BCUT2D eigenvalue weighted by molar-refractivity contribution is 7.09. The lowest BCUT2D eigenvalue weighted by Gasteiger charge is -2.23. The van der Waals surface area contributed by atoms with Gasteiger partial charge in [0.05, 0.1) is 23.9 Å². The molecule has 0 radical (unpaired) electrons. The van der Waals surface area contributed by atoms with E-state index in [9.17, 15) is 9.59 Å². The van der Waals surface area contributed by atoms with E-state index >= 15 is 0 Å². The van der Waals surface area contributed by atoms with Crippen LogP contribution in [0.15, 0.2) is 60.0 Å². The zero-order valence-corrected chi connectivity index (χ0v) is 19.4. The van der Waals surface area contributed by atoms with E-state index in [0.29, 0.717) is 12.8 Å². The molecule has 2 atom stereocenters. The van der Waals surface area contributed by atoms with Crippen LogP contribution in [0.4, 0.5) is 4.79 Å². The number of alkyl carbamates (subject to hydrolysis) is 1. The van der Waals surface area contributed by atoms with Gasteiger partial charge in [-0.3, -0.25) is 4.79 Å². The van der Waals surface area contributed by atoms with Crippen LogP contribution in [0.1, 0.15) is 40.4 Å². The first-order chi connectivity index (χ1) is 15.5. The first kappa shape index (κ1) is 23.5. The van der Waals surface area contributed by atoms with Crippen molar-refractivity contribution in [2.75, 3.05) is 7.11 Å². The van der Waals surface area contributed by atoms with E-state index in [1.165, 1.54) is 12.7 Å². The van der Waals surface area contributed by atoms with Crippen LogP contribution in [0.3, 0.4) is 0 Å². The van der Waals surface area contributed by atoms with Gasteiger partial charge in [0, 0.05) is 11.8 Å². The van der Waals surface area contributed by atoms with Gasteiger partial charge in [0.25, 0.3) is 0 Å². The van der Waals surface area contributed by atoms with Crippen molar-refractivity contribution in [3.8, 4) is 0 Å². The molecule has 0 aliphatic carbocycles. The summed E-state index contributed by atoms with van der Waals surface area (Å²) in [7, 11) is 1.29. The number of ether oxygens (including phenoxy) is 1. The Labute approximate surface area is 193 Å². The molecule has 3 rings (SSSR count). The van der Waals surface area contributed by atoms with E-state index in [1.54, 1.807) is 11.3 Å². The first-order valence-corrected chi connectivity index (χ1v) is 11.5. The van der Waals surface area contributed by atoms with Crippen LogP contribution in [0.25, 0.3) is 0 Å². The fourth-order valence-electron chi connectivity index (χ4n) is 3.37. The summed E-state index contributed by atoms with van der Waals surface area (Å²) < 4.78 is 4.74. The molecule has 6 nitrogen and oxygen atoms in total. The fourth-order valence-corrected chi connectivity index (χ4v) is 4.17. The molecular weight excluding hydrogens is 422 g/mol. The highest BCUT2D eigenvalue weighted by Gasteiger charge is 2.26. The smallest absolute Gasteiger partial charge is 0.407 e. The van der Waals surface area contributed by atoms with Crippen molar-refractivity contribution in [1.29, 1.82) is 0 Å². The van der Waals surface area contributed by atoms with Crippen LogP contribution in [0, 0.1) is 6.92 Å². The second kappa shape index (κ2) is 11.4. The number of carbonyl (C=O) groups excluding carboxylic acids is 2. The Kier molecular flexibility index (Phi) is 8.39. The number of hydrogen-bond acceptors (Lipinski definition) is 5. The number of nitrogens with zero attached hydrogens (tertiary/aromatic N) is 1. The predicted octanol–water partition coefficient (Wildman–Crippen LogP) is 4.38. The zero-order chi connectivity index (χ0) is 22.9. The van der Waals surface area contributed by atoms with Gasteiger partial charge in [0.1, 0.15) is 6.04 Å². The lowest BCUT2D eigenvalue weighted by molar-refractivity contribution is -0.123. The molecule has 0 aliphatic heterocycles. The van der Waals surface area contributed by atoms with Crippen LogP contribution in [-0.4, -0.2) is 30.1 Å². The number of benzene rings is 2. The molecule has 0 spiro atoms. The molecule has 0 aliphatic rings. The van der Waals surface area contributed by atoms with Gasteiger partial charge in [0.2, 0.25) is 5.91 Å². The largest absolute Gasteiger partial charge is 0.453 e. The van der Waals surface area contributed by atoms with Gasteiger partial charge in [-0.15, -0.1) is 11.3 Å². The van der Waals surface area contributed by atoms with Crippen molar-refractivity contribution in [3.63, 3.8) is 0 Å². The standard InChI is InChI=1S/C25H29N3O3S/c1-4-23-26-22(16-32-23)20(14-19-12-10-17(2)11-13-19)27-24(29)21(28-25(30)31-3)15-18-8-6-5-7-9-18/h5-13,16,20-21H,4,14-15H2,1-3H3,(H,27,29)(H,28,30)/t20-,21-/m0/s1. The van der Waals surface area contributed by atoms with Crippen LogP contribution >= 0.6 is 11.3 Å². The quantitative estimate of drug-likeness (QED) is 0.506. The zero-order valence-electron chi connectivity index (χ0n) is 18.6. The molecule has 2 aromatic carbocycles. The van der Waals surface area contributed by atoms with Gasteiger partial charge < -0.3 is 15.4 Å². The summed E-state index contributed by atoms with van der Waals surface area (Å²) >= 11 is 1.59. The third kappa shape index (κ3) is 6.65. The molecule has 0 unspecified atom stereocenters. The lowest BCUT2D eigenvalue weighted by Crippen LogP contribution is -2.49. The molecule has 1 heterocycles. The maximum Gasteiger partial charge on any atom is 0.407 e. The molecule has 168 valence electrons. The summed E-state index contributed by atoms with van der Waals surface area (Å²) in [4.78, 5) is 29.9. The van der Waals surface area contributed by atoms with E-state index in [-0.39, 0.29) is 11.9 Å². The summed E-state index contributed by atoms with van der Waals surface area (Å²) in [5.74, 6) is -0.276. The fraction of sp³-hybridized carbons (Fsp3) is 0.320. The number of amides is 2. The number of rotatable bonds is 9. The molecule has 0 bridgehead atoms. The highest BCUT2D eigenvalue weighted by atomic mass is 32.1. The monoisotopic (exact) mass is 451 g/mol. The minimum absolute atomic E-state index is 0.276. The Morgan fingerprint density at radius 3 is 2.31 bits per heavy atom. The summed E-state index contributed by atoms with van der Waals surface area (Å²) in [5, 5.41) is 8.81. The first-order valence-electron chi connectivity index (χ1n) is 10.7. The van der Waals surface area contributed by atoms with Gasteiger partial charge in [-0.05, 0) is 30.9 Å². The maximum atomic E-state index is 13.3. The van der Waals surface area contributed by atoms with Gasteiger partial charge in [-0.25, -0.2) is 9.78 Å². The van der Waals surface area contributed by atoms with Gasteiger partial charge >= 0.3 is 6.09 Å². The number of aryl methyl sites for hydroxylation is 2. The van der Waals surface area contributed by atoms with Crippen LogP contribution in [0.5, 0.6) is 0 Å². The molecule has 7 heteroatoms. The van der Waals surface area contributed by atoms with Crippen molar-refractivity contribution in [3.05, 3.63) is 87.4 Å². The van der Waals surface area contributed by atoms with Crippen molar-refractivity contribution in [1.82, 2.24) is 15.6 Å². The molecular formula is C25H29N3O3S. The Balaban J connectivity index is 1.82. The van der Waals surface area contributed by atoms with Gasteiger partial charge in [0.15, 0.2) is 0 Å². The van der Waals surface area contributed by atoms with E-state index in [2.05, 4.69) is 41.8 Å². The van der Waals surface area contributed by atoms with E-state index in [1.807, 2.05) is 42.6 Å². The van der Waals surface area contributed by atoms with Crippen molar-refractivity contribution >= 4 is 23.3 Å². The van der Waals surface area contributed by atoms with Crippen LogP contribution in [0.2, 0.25) is 0 Å². The van der Waals surface area contributed by atoms with Gasteiger partial charge in [-0.2, -0.15) is 0 Å². The van der Waals surface area contributed by atoms with Crippen molar-refractivity contribution in [2.45, 2.75) is 45.2 Å². The Morgan fingerprint density at radius 2 is 1.69 bits per heavy atom. The number of aromatic nitrogens is 1. The summed E-state index contributed by atoms with van der Waals surface area (Å²) in [6.45, 7) is 4.11. The van der Waals surface area contributed by atoms with E-state index < -0.39 is 12.1 Å². The number of nitrogens with one attached hydrogen (secondary N) is 2. The normalized spacial score (nSPS) is 12.6. The summed E-state index contributed by atoms with van der Waals surface area (Å²) in [6, 6.07) is 16.8. The predicted molar refractivity (Wildman–Crippen MR) is 127 cm³/mol.